The minimum atomic E-state index is -3.60. The Kier molecular flexibility index (Phi) is 3.44. The molecule has 7 heteroatoms. The van der Waals surface area contributed by atoms with Crippen LogP contribution in [0.25, 0.3) is 0 Å². The molecule has 0 radical (unpaired) electrons. The summed E-state index contributed by atoms with van der Waals surface area (Å²) >= 11 is 5.73. The lowest BCUT2D eigenvalue weighted by atomic mass is 10.3. The van der Waals surface area contributed by atoms with E-state index in [-0.39, 0.29) is 16.1 Å². The van der Waals surface area contributed by atoms with Crippen LogP contribution in [0.5, 0.6) is 0 Å². The van der Waals surface area contributed by atoms with Crippen molar-refractivity contribution >= 4 is 21.6 Å². The van der Waals surface area contributed by atoms with Gasteiger partial charge < -0.3 is 4.74 Å². The Labute approximate surface area is 98.8 Å². The maximum absolute atomic E-state index is 11.9. The van der Waals surface area contributed by atoms with E-state index in [1.165, 1.54) is 18.3 Å². The Morgan fingerprint density at radius 1 is 1.56 bits per heavy atom. The number of hydrogen-bond acceptors (Lipinski definition) is 4. The van der Waals surface area contributed by atoms with Gasteiger partial charge >= 0.3 is 0 Å². The molecule has 1 aliphatic heterocycles. The summed E-state index contributed by atoms with van der Waals surface area (Å²) in [4.78, 5) is 3.74. The van der Waals surface area contributed by atoms with E-state index in [4.69, 9.17) is 16.3 Å². The number of nitrogens with one attached hydrogen (secondary N) is 1. The van der Waals surface area contributed by atoms with Crippen LogP contribution in [0.2, 0.25) is 5.15 Å². The number of nitrogens with zero attached hydrogens (tertiary/aromatic N) is 1. The predicted octanol–water partition coefficient (Wildman–Crippen LogP) is 0.802. The van der Waals surface area contributed by atoms with Crippen molar-refractivity contribution in [3.05, 3.63) is 23.5 Å². The van der Waals surface area contributed by atoms with E-state index in [0.717, 1.165) is 0 Å². The molecular weight excluding hydrogens is 252 g/mol. The molecule has 0 aromatic carbocycles. The summed E-state index contributed by atoms with van der Waals surface area (Å²) in [5, 5.41) is -0.0195. The maximum atomic E-state index is 11.9. The fourth-order valence-electron chi connectivity index (χ4n) is 1.48. The first-order valence-electron chi connectivity index (χ1n) is 4.80. The van der Waals surface area contributed by atoms with E-state index in [9.17, 15) is 8.42 Å². The van der Waals surface area contributed by atoms with E-state index in [2.05, 4.69) is 9.71 Å². The fourth-order valence-corrected chi connectivity index (χ4v) is 3.19. The third kappa shape index (κ3) is 2.52. The summed E-state index contributed by atoms with van der Waals surface area (Å²) in [5.41, 5.74) is 0. The Morgan fingerprint density at radius 2 is 2.38 bits per heavy atom. The summed E-state index contributed by atoms with van der Waals surface area (Å²) in [6, 6.07) is 2.78. The molecule has 5 nitrogen and oxygen atoms in total. The van der Waals surface area contributed by atoms with Crippen LogP contribution in [-0.2, 0) is 14.8 Å². The minimum absolute atomic E-state index is 0.00330. The van der Waals surface area contributed by atoms with E-state index in [1.54, 1.807) is 0 Å². The standard InChI is InChI=1S/C9H11ClN2O3S/c10-9-8(2-1-4-11-9)16(13,14)12-7-3-5-15-6-7/h1-2,4,7,12H,3,5-6H2. The first-order valence-corrected chi connectivity index (χ1v) is 6.66. The highest BCUT2D eigenvalue weighted by atomic mass is 35.5. The van der Waals surface area contributed by atoms with Gasteiger partial charge in [0.15, 0.2) is 0 Å². The zero-order valence-electron chi connectivity index (χ0n) is 8.39. The van der Waals surface area contributed by atoms with Gasteiger partial charge in [-0.25, -0.2) is 18.1 Å². The second-order valence-corrected chi connectivity index (χ2v) is 5.51. The molecule has 2 heterocycles. The van der Waals surface area contributed by atoms with Gasteiger partial charge in [-0.3, -0.25) is 0 Å². The third-order valence-corrected chi connectivity index (χ3v) is 4.23. The monoisotopic (exact) mass is 262 g/mol. The average Bonchev–Trinajstić information content (AvgIpc) is 2.70. The van der Waals surface area contributed by atoms with Gasteiger partial charge in [0.05, 0.1) is 6.61 Å². The summed E-state index contributed by atoms with van der Waals surface area (Å²) in [6.07, 6.45) is 2.12. The Balaban J connectivity index is 2.21. The van der Waals surface area contributed by atoms with Gasteiger partial charge in [-0.1, -0.05) is 11.6 Å². The third-order valence-electron chi connectivity index (χ3n) is 2.27. The molecule has 0 saturated carbocycles. The number of halogens is 1. The molecule has 1 atom stereocenters. The molecule has 1 N–H and O–H groups in total. The topological polar surface area (TPSA) is 68.3 Å². The number of pyridine rings is 1. The van der Waals surface area contributed by atoms with Crippen LogP contribution in [-0.4, -0.2) is 32.7 Å². The van der Waals surface area contributed by atoms with E-state index in [1.807, 2.05) is 0 Å². The molecule has 0 amide bonds. The predicted molar refractivity (Wildman–Crippen MR) is 58.8 cm³/mol. The van der Waals surface area contributed by atoms with Crippen LogP contribution >= 0.6 is 11.6 Å². The first-order chi connectivity index (χ1) is 7.59. The molecule has 16 heavy (non-hydrogen) atoms. The van der Waals surface area contributed by atoms with Crippen molar-refractivity contribution in [2.45, 2.75) is 17.4 Å². The van der Waals surface area contributed by atoms with Gasteiger partial charge in [0.1, 0.15) is 10.0 Å². The fraction of sp³-hybridized carbons (Fsp3) is 0.444. The Hall–Kier alpha value is -0.690. The average molecular weight is 263 g/mol. The Bertz CT molecular complexity index is 471. The zero-order valence-corrected chi connectivity index (χ0v) is 9.96. The van der Waals surface area contributed by atoms with Crippen molar-refractivity contribution in [1.29, 1.82) is 0 Å². The SMILES string of the molecule is O=S(=O)(NC1CCOC1)c1cccnc1Cl. The maximum Gasteiger partial charge on any atom is 0.243 e. The van der Waals surface area contributed by atoms with Crippen molar-refractivity contribution in [2.24, 2.45) is 0 Å². The molecule has 1 aliphatic rings. The van der Waals surface area contributed by atoms with Crippen molar-refractivity contribution in [2.75, 3.05) is 13.2 Å². The quantitative estimate of drug-likeness (QED) is 0.819. The largest absolute Gasteiger partial charge is 0.380 e. The van der Waals surface area contributed by atoms with E-state index in [0.29, 0.717) is 19.6 Å². The summed E-state index contributed by atoms with van der Waals surface area (Å²) < 4.78 is 31.5. The molecule has 0 bridgehead atoms. The molecule has 2 rings (SSSR count). The van der Waals surface area contributed by atoms with Crippen LogP contribution in [0.1, 0.15) is 6.42 Å². The van der Waals surface area contributed by atoms with Crippen molar-refractivity contribution in [3.63, 3.8) is 0 Å². The van der Waals surface area contributed by atoms with Gasteiger partial charge in [0.25, 0.3) is 0 Å². The highest BCUT2D eigenvalue weighted by molar-refractivity contribution is 7.89. The van der Waals surface area contributed by atoms with Crippen LogP contribution in [0.15, 0.2) is 23.2 Å². The highest BCUT2D eigenvalue weighted by Crippen LogP contribution is 2.18. The van der Waals surface area contributed by atoms with Gasteiger partial charge in [-0.2, -0.15) is 0 Å². The summed E-state index contributed by atoms with van der Waals surface area (Å²) in [6.45, 7) is 0.977. The summed E-state index contributed by atoms with van der Waals surface area (Å²) in [7, 11) is -3.60. The van der Waals surface area contributed by atoms with Crippen LogP contribution in [0, 0.1) is 0 Å². The molecule has 1 saturated heterocycles. The second kappa shape index (κ2) is 4.67. The van der Waals surface area contributed by atoms with E-state index >= 15 is 0 Å². The molecule has 1 unspecified atom stereocenters. The molecule has 0 spiro atoms. The lowest BCUT2D eigenvalue weighted by Gasteiger charge is -2.11. The van der Waals surface area contributed by atoms with Gasteiger partial charge in [-0.05, 0) is 18.6 Å². The number of sulfonamides is 1. The van der Waals surface area contributed by atoms with Crippen molar-refractivity contribution < 1.29 is 13.2 Å². The van der Waals surface area contributed by atoms with Gasteiger partial charge in [0, 0.05) is 18.8 Å². The second-order valence-electron chi connectivity index (χ2n) is 3.47. The number of hydrogen-bond donors (Lipinski definition) is 1. The number of rotatable bonds is 3. The minimum Gasteiger partial charge on any atom is -0.380 e. The van der Waals surface area contributed by atoms with Gasteiger partial charge in [0.2, 0.25) is 10.0 Å². The lowest BCUT2D eigenvalue weighted by Crippen LogP contribution is -2.35. The highest BCUT2D eigenvalue weighted by Gasteiger charge is 2.25. The summed E-state index contributed by atoms with van der Waals surface area (Å²) in [5.74, 6) is 0. The number of ether oxygens (including phenoxy) is 1. The smallest absolute Gasteiger partial charge is 0.243 e. The lowest BCUT2D eigenvalue weighted by molar-refractivity contribution is 0.192. The van der Waals surface area contributed by atoms with Crippen LogP contribution < -0.4 is 4.72 Å². The van der Waals surface area contributed by atoms with Crippen LogP contribution in [0.3, 0.4) is 0 Å². The molecular formula is C9H11ClN2O3S. The van der Waals surface area contributed by atoms with E-state index < -0.39 is 10.0 Å². The molecule has 1 fully saturated rings. The number of aromatic nitrogens is 1. The van der Waals surface area contributed by atoms with Crippen molar-refractivity contribution in [1.82, 2.24) is 9.71 Å². The van der Waals surface area contributed by atoms with Crippen molar-refractivity contribution in [3.8, 4) is 0 Å². The molecule has 88 valence electrons. The zero-order chi connectivity index (χ0) is 11.6. The Morgan fingerprint density at radius 3 is 3.00 bits per heavy atom. The van der Waals surface area contributed by atoms with Gasteiger partial charge in [-0.15, -0.1) is 0 Å². The normalized spacial score (nSPS) is 21.2. The van der Waals surface area contributed by atoms with Crippen LogP contribution in [0.4, 0.5) is 0 Å². The molecule has 1 aromatic heterocycles. The molecule has 1 aromatic rings. The molecule has 0 aliphatic carbocycles. The first kappa shape index (κ1) is 11.8.